The zero-order valence-corrected chi connectivity index (χ0v) is 17.7. The molecule has 0 saturated heterocycles. The van der Waals surface area contributed by atoms with Crippen LogP contribution in [-0.4, -0.2) is 41.9 Å². The van der Waals surface area contributed by atoms with Crippen LogP contribution in [0.25, 0.3) is 5.82 Å². The maximum Gasteiger partial charge on any atom is 0.250 e. The summed E-state index contributed by atoms with van der Waals surface area (Å²) >= 11 is 1.13. The Balaban J connectivity index is 1.54. The second-order valence-corrected chi connectivity index (χ2v) is 9.37. The number of anilines is 1. The highest BCUT2D eigenvalue weighted by atomic mass is 32.2. The Bertz CT molecular complexity index is 1080. The molecule has 0 aliphatic carbocycles. The van der Waals surface area contributed by atoms with Gasteiger partial charge in [-0.2, -0.15) is 0 Å². The fourth-order valence-electron chi connectivity index (χ4n) is 2.52. The van der Waals surface area contributed by atoms with Gasteiger partial charge < -0.3 is 15.2 Å². The quantitative estimate of drug-likeness (QED) is 0.441. The van der Waals surface area contributed by atoms with Gasteiger partial charge in [0.2, 0.25) is 15.9 Å². The summed E-state index contributed by atoms with van der Waals surface area (Å²) in [6.45, 7) is 4.10. The minimum absolute atomic E-state index is 0.160. The van der Waals surface area contributed by atoms with Gasteiger partial charge in [0.1, 0.15) is 21.7 Å². The summed E-state index contributed by atoms with van der Waals surface area (Å²) in [5.74, 6) is 1.81. The van der Waals surface area contributed by atoms with Crippen molar-refractivity contribution >= 4 is 33.1 Å². The lowest BCUT2D eigenvalue weighted by Gasteiger charge is -2.10. The first-order chi connectivity index (χ1) is 13.8. The number of sulfonamides is 1. The number of carbonyl (C=O) groups excluding carboxylic acids is 1. The molecule has 154 valence electrons. The predicted molar refractivity (Wildman–Crippen MR) is 112 cm³/mol. The Morgan fingerprint density at radius 3 is 2.66 bits per heavy atom. The van der Waals surface area contributed by atoms with Crippen molar-refractivity contribution in [1.29, 1.82) is 0 Å². The van der Waals surface area contributed by atoms with Crippen LogP contribution in [0.2, 0.25) is 0 Å². The Morgan fingerprint density at radius 1 is 1.17 bits per heavy atom. The van der Waals surface area contributed by atoms with Gasteiger partial charge in [-0.05, 0) is 31.2 Å². The van der Waals surface area contributed by atoms with Crippen molar-refractivity contribution < 1.29 is 13.2 Å². The molecule has 29 heavy (non-hydrogen) atoms. The highest BCUT2D eigenvalue weighted by Crippen LogP contribution is 2.21. The number of rotatable bonds is 9. The van der Waals surface area contributed by atoms with Gasteiger partial charge in [-0.3, -0.25) is 4.79 Å². The molecule has 9 nitrogen and oxygen atoms in total. The molecule has 3 aromatic heterocycles. The minimum atomic E-state index is -3.61. The van der Waals surface area contributed by atoms with E-state index in [9.17, 15) is 13.2 Å². The van der Waals surface area contributed by atoms with Crippen molar-refractivity contribution in [3.05, 3.63) is 53.4 Å². The predicted octanol–water partition coefficient (Wildman–Crippen LogP) is 1.66. The van der Waals surface area contributed by atoms with Gasteiger partial charge in [-0.15, -0.1) is 11.3 Å². The van der Waals surface area contributed by atoms with Gasteiger partial charge in [-0.1, -0.05) is 0 Å². The third-order valence-electron chi connectivity index (χ3n) is 3.83. The molecule has 0 bridgehead atoms. The summed E-state index contributed by atoms with van der Waals surface area (Å²) < 4.78 is 29.5. The molecule has 0 aliphatic heterocycles. The molecular weight excluding hydrogens is 412 g/mol. The Hall–Kier alpha value is -2.76. The highest BCUT2D eigenvalue weighted by Gasteiger charge is 2.16. The average molecular weight is 435 g/mol. The van der Waals surface area contributed by atoms with E-state index in [1.807, 2.05) is 29.1 Å². The van der Waals surface area contributed by atoms with Crippen LogP contribution in [-0.2, 0) is 21.4 Å². The molecule has 3 rings (SSSR count). The van der Waals surface area contributed by atoms with Crippen LogP contribution >= 0.6 is 11.3 Å². The number of aryl methyl sites for hydroxylation is 1. The van der Waals surface area contributed by atoms with Gasteiger partial charge >= 0.3 is 0 Å². The van der Waals surface area contributed by atoms with Gasteiger partial charge in [0.05, 0.1) is 6.54 Å². The second kappa shape index (κ2) is 9.16. The van der Waals surface area contributed by atoms with Gasteiger partial charge in [-0.25, -0.2) is 23.1 Å². The van der Waals surface area contributed by atoms with E-state index in [0.29, 0.717) is 24.7 Å². The molecule has 0 atom stereocenters. The molecule has 0 aliphatic rings. The van der Waals surface area contributed by atoms with Crippen molar-refractivity contribution in [2.24, 2.45) is 0 Å². The number of hydrogen-bond acceptors (Lipinski definition) is 7. The number of carbonyl (C=O) groups is 1. The summed E-state index contributed by atoms with van der Waals surface area (Å²) in [5, 5.41) is 5.76. The van der Waals surface area contributed by atoms with Gasteiger partial charge in [0.25, 0.3) is 0 Å². The number of amides is 1. The SMILES string of the molecule is CC(=O)NCc1ccc(S(=O)(=O)NCCNc2cc(-n3cccc3)nc(C)n2)s1. The van der Waals surface area contributed by atoms with Crippen molar-refractivity contribution in [1.82, 2.24) is 24.6 Å². The van der Waals surface area contributed by atoms with E-state index >= 15 is 0 Å². The fraction of sp³-hybridized carbons (Fsp3) is 0.278. The third kappa shape index (κ3) is 5.86. The van der Waals surface area contributed by atoms with Crippen molar-refractivity contribution in [2.75, 3.05) is 18.4 Å². The van der Waals surface area contributed by atoms with E-state index in [1.165, 1.54) is 13.0 Å². The summed E-state index contributed by atoms with van der Waals surface area (Å²) in [7, 11) is -3.61. The Morgan fingerprint density at radius 2 is 1.93 bits per heavy atom. The number of hydrogen-bond donors (Lipinski definition) is 3. The van der Waals surface area contributed by atoms with E-state index in [4.69, 9.17) is 0 Å². The topological polar surface area (TPSA) is 118 Å². The molecule has 11 heteroatoms. The van der Waals surface area contributed by atoms with Crippen molar-refractivity contribution in [3.8, 4) is 5.82 Å². The van der Waals surface area contributed by atoms with Crippen LogP contribution < -0.4 is 15.4 Å². The first kappa shape index (κ1) is 21.0. The summed E-state index contributed by atoms with van der Waals surface area (Å²) in [6.07, 6.45) is 3.78. The van der Waals surface area contributed by atoms with Crippen molar-refractivity contribution in [3.63, 3.8) is 0 Å². The van der Waals surface area contributed by atoms with Gasteiger partial charge in [0.15, 0.2) is 0 Å². The third-order valence-corrected chi connectivity index (χ3v) is 6.87. The average Bonchev–Trinajstić information content (AvgIpc) is 3.35. The maximum atomic E-state index is 12.4. The molecule has 0 saturated carbocycles. The van der Waals surface area contributed by atoms with E-state index < -0.39 is 10.0 Å². The lowest BCUT2D eigenvalue weighted by Crippen LogP contribution is -2.28. The molecule has 3 aromatic rings. The van der Waals surface area contributed by atoms with Crippen LogP contribution in [0.15, 0.2) is 46.9 Å². The van der Waals surface area contributed by atoms with Crippen LogP contribution in [0, 0.1) is 6.92 Å². The van der Waals surface area contributed by atoms with E-state index in [2.05, 4.69) is 25.3 Å². The van der Waals surface area contributed by atoms with E-state index in [-0.39, 0.29) is 16.7 Å². The standard InChI is InChI=1S/C18H22N6O3S2/c1-13-22-16(11-17(23-13)24-9-3-4-10-24)19-7-8-21-29(26,27)18-6-5-15(28-18)12-20-14(2)25/h3-6,9-11,21H,7-8,12H2,1-2H3,(H,20,25)(H,19,22,23). The number of thiophene rings is 1. The Labute approximate surface area is 173 Å². The fourth-order valence-corrected chi connectivity index (χ4v) is 4.89. The molecule has 0 radical (unpaired) electrons. The first-order valence-electron chi connectivity index (χ1n) is 8.89. The van der Waals surface area contributed by atoms with Crippen molar-refractivity contribution in [2.45, 2.75) is 24.6 Å². The number of aromatic nitrogens is 3. The molecule has 0 unspecified atom stereocenters. The summed E-state index contributed by atoms with van der Waals surface area (Å²) in [5.41, 5.74) is 0. The summed E-state index contributed by atoms with van der Waals surface area (Å²) in [6, 6.07) is 8.85. The molecule has 3 N–H and O–H groups in total. The molecule has 3 heterocycles. The summed E-state index contributed by atoms with van der Waals surface area (Å²) in [4.78, 5) is 20.5. The first-order valence-corrected chi connectivity index (χ1v) is 11.2. The lowest BCUT2D eigenvalue weighted by molar-refractivity contribution is -0.119. The highest BCUT2D eigenvalue weighted by molar-refractivity contribution is 7.91. The van der Waals surface area contributed by atoms with Crippen LogP contribution in [0.1, 0.15) is 17.6 Å². The Kier molecular flexibility index (Phi) is 6.62. The zero-order valence-electron chi connectivity index (χ0n) is 16.0. The molecule has 1 amide bonds. The second-order valence-electron chi connectivity index (χ2n) is 6.20. The van der Waals surface area contributed by atoms with Crippen LogP contribution in [0.3, 0.4) is 0 Å². The molecular formula is C18H22N6O3S2. The zero-order chi connectivity index (χ0) is 20.9. The molecule has 0 spiro atoms. The van der Waals surface area contributed by atoms with Crippen LogP contribution in [0.4, 0.5) is 5.82 Å². The monoisotopic (exact) mass is 434 g/mol. The number of nitrogens with one attached hydrogen (secondary N) is 3. The van der Waals surface area contributed by atoms with E-state index in [0.717, 1.165) is 22.0 Å². The van der Waals surface area contributed by atoms with E-state index in [1.54, 1.807) is 19.1 Å². The smallest absolute Gasteiger partial charge is 0.250 e. The minimum Gasteiger partial charge on any atom is -0.369 e. The number of nitrogens with zero attached hydrogens (tertiary/aromatic N) is 3. The van der Waals surface area contributed by atoms with Crippen LogP contribution in [0.5, 0.6) is 0 Å². The maximum absolute atomic E-state index is 12.4. The normalized spacial score (nSPS) is 11.4. The van der Waals surface area contributed by atoms with Gasteiger partial charge in [0, 0.05) is 43.4 Å². The molecule has 0 aromatic carbocycles. The lowest BCUT2D eigenvalue weighted by atomic mass is 10.4. The largest absolute Gasteiger partial charge is 0.369 e. The molecule has 0 fully saturated rings.